The average Bonchev–Trinajstić information content (AvgIpc) is 3.40. The van der Waals surface area contributed by atoms with Gasteiger partial charge in [-0.25, -0.2) is 0 Å². The number of furan rings is 1. The number of amides is 2. The van der Waals surface area contributed by atoms with Crippen LogP contribution in [0.2, 0.25) is 0 Å². The first kappa shape index (κ1) is 25.5. The molecule has 1 fully saturated rings. The van der Waals surface area contributed by atoms with Crippen molar-refractivity contribution >= 4 is 11.8 Å². The number of nitrogens with zero attached hydrogens (tertiary/aromatic N) is 2. The van der Waals surface area contributed by atoms with E-state index in [9.17, 15) is 22.8 Å². The Hall–Kier alpha value is -3.55. The van der Waals surface area contributed by atoms with Crippen molar-refractivity contribution in [2.24, 2.45) is 0 Å². The van der Waals surface area contributed by atoms with Gasteiger partial charge in [-0.1, -0.05) is 49.6 Å². The smallest absolute Gasteiger partial charge is 0.416 e. The van der Waals surface area contributed by atoms with E-state index in [4.69, 9.17) is 4.42 Å². The Morgan fingerprint density at radius 2 is 1.56 bits per heavy atom. The predicted molar refractivity (Wildman–Crippen MR) is 129 cm³/mol. The molecule has 0 spiro atoms. The molecule has 4 rings (SSSR count). The Morgan fingerprint density at radius 3 is 2.17 bits per heavy atom. The number of benzene rings is 2. The van der Waals surface area contributed by atoms with Crippen molar-refractivity contribution in [3.63, 3.8) is 0 Å². The molecule has 1 saturated carbocycles. The number of rotatable bonds is 8. The van der Waals surface area contributed by atoms with E-state index in [0.29, 0.717) is 12.3 Å². The lowest BCUT2D eigenvalue weighted by atomic mass is 9.93. The molecule has 8 heteroatoms. The van der Waals surface area contributed by atoms with Crippen LogP contribution in [0, 0.1) is 0 Å². The van der Waals surface area contributed by atoms with Crippen molar-refractivity contribution in [1.82, 2.24) is 9.80 Å². The summed E-state index contributed by atoms with van der Waals surface area (Å²) in [5.74, 6) is -0.0553. The first-order valence-electron chi connectivity index (χ1n) is 12.1. The van der Waals surface area contributed by atoms with E-state index in [0.717, 1.165) is 49.8 Å². The highest BCUT2D eigenvalue weighted by atomic mass is 19.4. The molecule has 2 aromatic carbocycles. The summed E-state index contributed by atoms with van der Waals surface area (Å²) in [4.78, 5) is 30.3. The van der Waals surface area contributed by atoms with Gasteiger partial charge >= 0.3 is 6.18 Å². The third-order valence-electron chi connectivity index (χ3n) is 6.54. The molecule has 5 nitrogen and oxygen atoms in total. The minimum absolute atomic E-state index is 0.139. The predicted octanol–water partition coefficient (Wildman–Crippen LogP) is 6.30. The molecule has 1 aromatic heterocycles. The summed E-state index contributed by atoms with van der Waals surface area (Å²) in [6, 6.07) is 17.1. The summed E-state index contributed by atoms with van der Waals surface area (Å²) in [6.45, 7) is 0.430. The number of carbonyl (C=O) groups excluding carboxylic acids is 2. The van der Waals surface area contributed by atoms with Gasteiger partial charge in [-0.05, 0) is 54.8 Å². The molecule has 0 N–H and O–H groups in total. The molecule has 0 atom stereocenters. The maximum atomic E-state index is 13.6. The van der Waals surface area contributed by atoms with Crippen LogP contribution >= 0.6 is 0 Å². The topological polar surface area (TPSA) is 53.8 Å². The van der Waals surface area contributed by atoms with Gasteiger partial charge in [-0.15, -0.1) is 0 Å². The fraction of sp³-hybridized carbons (Fsp3) is 0.357. The Morgan fingerprint density at radius 1 is 0.861 bits per heavy atom. The lowest BCUT2D eigenvalue weighted by Gasteiger charge is -2.35. The Bertz CT molecular complexity index is 1120. The summed E-state index contributed by atoms with van der Waals surface area (Å²) in [7, 11) is 0. The second-order valence-electron chi connectivity index (χ2n) is 9.11. The van der Waals surface area contributed by atoms with E-state index in [-0.39, 0.29) is 30.6 Å². The number of hydrogen-bond acceptors (Lipinski definition) is 3. The third-order valence-corrected chi connectivity index (χ3v) is 6.54. The fourth-order valence-corrected chi connectivity index (χ4v) is 4.60. The van der Waals surface area contributed by atoms with Crippen LogP contribution in [0.5, 0.6) is 0 Å². The van der Waals surface area contributed by atoms with Crippen LogP contribution in [0.4, 0.5) is 13.2 Å². The quantitative estimate of drug-likeness (QED) is 0.366. The highest BCUT2D eigenvalue weighted by molar-refractivity contribution is 5.96. The summed E-state index contributed by atoms with van der Waals surface area (Å²) in [5.41, 5.74) is 0.268. The standard InChI is InChI=1S/C28H29F3N2O3/c29-28(30,31)23-15-13-22(14-16-23)27(35)33(24-10-5-2-6-11-24)20-26(34)32(19-25-12-7-17-36-25)18-21-8-3-1-4-9-21/h1,3-4,7-9,12-17,24H,2,5-6,10-11,18-20H2. The van der Waals surface area contributed by atoms with E-state index in [2.05, 4.69) is 0 Å². The Kier molecular flexibility index (Phi) is 8.13. The molecule has 3 aromatic rings. The van der Waals surface area contributed by atoms with Crippen LogP contribution in [0.15, 0.2) is 77.4 Å². The largest absolute Gasteiger partial charge is 0.467 e. The fourth-order valence-electron chi connectivity index (χ4n) is 4.60. The summed E-state index contributed by atoms with van der Waals surface area (Å²) in [6.07, 6.45) is 1.53. The summed E-state index contributed by atoms with van der Waals surface area (Å²) < 4.78 is 44.5. The van der Waals surface area contributed by atoms with Crippen molar-refractivity contribution in [1.29, 1.82) is 0 Å². The lowest BCUT2D eigenvalue weighted by Crippen LogP contribution is -2.48. The van der Waals surface area contributed by atoms with E-state index < -0.39 is 17.6 Å². The van der Waals surface area contributed by atoms with Crippen LogP contribution < -0.4 is 0 Å². The van der Waals surface area contributed by atoms with Gasteiger partial charge < -0.3 is 14.2 Å². The molecular formula is C28H29F3N2O3. The Balaban J connectivity index is 1.57. The van der Waals surface area contributed by atoms with Crippen molar-refractivity contribution in [2.45, 2.75) is 57.4 Å². The second-order valence-corrected chi connectivity index (χ2v) is 9.11. The molecule has 1 aliphatic carbocycles. The normalized spacial score (nSPS) is 14.4. The van der Waals surface area contributed by atoms with E-state index in [1.807, 2.05) is 30.3 Å². The molecule has 0 radical (unpaired) electrons. The maximum absolute atomic E-state index is 13.6. The zero-order valence-electron chi connectivity index (χ0n) is 19.9. The molecule has 190 valence electrons. The molecule has 1 aliphatic rings. The number of hydrogen-bond donors (Lipinski definition) is 0. The van der Waals surface area contributed by atoms with E-state index in [1.54, 1.807) is 28.2 Å². The monoisotopic (exact) mass is 498 g/mol. The lowest BCUT2D eigenvalue weighted by molar-refractivity contribution is -0.137. The maximum Gasteiger partial charge on any atom is 0.416 e. The van der Waals surface area contributed by atoms with E-state index in [1.165, 1.54) is 12.1 Å². The molecule has 0 bridgehead atoms. The SMILES string of the molecule is O=C(CN(C(=O)c1ccc(C(F)(F)F)cc1)C1CCCCC1)N(Cc1ccccc1)Cc1ccco1. The minimum atomic E-state index is -4.48. The number of carbonyl (C=O) groups is 2. The van der Waals surface area contributed by atoms with Crippen LogP contribution in [0.25, 0.3) is 0 Å². The molecular weight excluding hydrogens is 469 g/mol. The third kappa shape index (κ3) is 6.56. The van der Waals surface area contributed by atoms with E-state index >= 15 is 0 Å². The van der Waals surface area contributed by atoms with Crippen LogP contribution in [-0.4, -0.2) is 34.2 Å². The van der Waals surface area contributed by atoms with Gasteiger partial charge in [0.2, 0.25) is 5.91 Å². The van der Waals surface area contributed by atoms with Crippen LogP contribution in [0.3, 0.4) is 0 Å². The number of alkyl halides is 3. The first-order chi connectivity index (χ1) is 17.3. The molecule has 2 amide bonds. The summed E-state index contributed by atoms with van der Waals surface area (Å²) >= 11 is 0. The van der Waals surface area contributed by atoms with Crippen LogP contribution in [0.1, 0.15) is 59.3 Å². The van der Waals surface area contributed by atoms with Gasteiger partial charge in [0.05, 0.1) is 18.4 Å². The van der Waals surface area contributed by atoms with Crippen molar-refractivity contribution in [3.8, 4) is 0 Å². The minimum Gasteiger partial charge on any atom is -0.467 e. The van der Waals surface area contributed by atoms with Gasteiger partial charge in [0.1, 0.15) is 12.3 Å². The van der Waals surface area contributed by atoms with Gasteiger partial charge in [-0.3, -0.25) is 9.59 Å². The average molecular weight is 499 g/mol. The molecule has 0 unspecified atom stereocenters. The van der Waals surface area contributed by atoms with Crippen molar-refractivity contribution in [3.05, 3.63) is 95.4 Å². The number of halogens is 3. The van der Waals surface area contributed by atoms with Crippen LogP contribution in [-0.2, 0) is 24.1 Å². The van der Waals surface area contributed by atoms with Crippen molar-refractivity contribution < 1.29 is 27.2 Å². The zero-order chi connectivity index (χ0) is 25.5. The van der Waals surface area contributed by atoms with Gasteiger partial charge in [0, 0.05) is 18.2 Å². The van der Waals surface area contributed by atoms with Gasteiger partial charge in [0.15, 0.2) is 0 Å². The van der Waals surface area contributed by atoms with Gasteiger partial charge in [0.25, 0.3) is 5.91 Å². The first-order valence-corrected chi connectivity index (χ1v) is 12.1. The molecule has 0 saturated heterocycles. The Labute approximate surface area is 208 Å². The summed E-state index contributed by atoms with van der Waals surface area (Å²) in [5, 5.41) is 0. The second kappa shape index (κ2) is 11.5. The van der Waals surface area contributed by atoms with Gasteiger partial charge in [-0.2, -0.15) is 13.2 Å². The highest BCUT2D eigenvalue weighted by Crippen LogP contribution is 2.30. The zero-order valence-corrected chi connectivity index (χ0v) is 19.9. The van der Waals surface area contributed by atoms with Crippen molar-refractivity contribution in [2.75, 3.05) is 6.54 Å². The molecule has 1 heterocycles. The molecule has 0 aliphatic heterocycles. The molecule has 36 heavy (non-hydrogen) atoms. The highest BCUT2D eigenvalue weighted by Gasteiger charge is 2.32.